The van der Waals surface area contributed by atoms with E-state index in [0.29, 0.717) is 5.92 Å². The Labute approximate surface area is 83.9 Å². The Balaban J connectivity index is 2.46. The van der Waals surface area contributed by atoms with Crippen molar-refractivity contribution in [1.29, 1.82) is 0 Å². The Morgan fingerprint density at radius 3 is 2.79 bits per heavy atom. The molecule has 0 amide bonds. The molecule has 1 aliphatic rings. The van der Waals surface area contributed by atoms with Gasteiger partial charge in [0.15, 0.2) is 0 Å². The summed E-state index contributed by atoms with van der Waals surface area (Å²) in [7, 11) is 0. The Morgan fingerprint density at radius 2 is 2.07 bits per heavy atom. The molecule has 0 fully saturated rings. The molecular weight excluding hydrogens is 176 g/mol. The van der Waals surface area contributed by atoms with E-state index in [4.69, 9.17) is 4.74 Å². The van der Waals surface area contributed by atoms with E-state index in [2.05, 4.69) is 6.92 Å². The van der Waals surface area contributed by atoms with Gasteiger partial charge in [0, 0.05) is 5.92 Å². The van der Waals surface area contributed by atoms with E-state index in [1.807, 2.05) is 31.2 Å². The van der Waals surface area contributed by atoms with Gasteiger partial charge < -0.3 is 4.74 Å². The number of hydrogen-bond donors (Lipinski definition) is 0. The molecule has 1 aromatic rings. The number of hydrogen-bond acceptors (Lipinski definition) is 2. The van der Waals surface area contributed by atoms with Crippen LogP contribution in [0.3, 0.4) is 0 Å². The van der Waals surface area contributed by atoms with E-state index >= 15 is 0 Å². The van der Waals surface area contributed by atoms with Crippen molar-refractivity contribution < 1.29 is 9.53 Å². The summed E-state index contributed by atoms with van der Waals surface area (Å²) in [6.07, 6.45) is 0.915. The molecule has 0 saturated carbocycles. The molecule has 0 aliphatic carbocycles. The average molecular weight is 190 g/mol. The average Bonchev–Trinajstić information content (AvgIpc) is 2.23. The summed E-state index contributed by atoms with van der Waals surface area (Å²) in [4.78, 5) is 11.6. The van der Waals surface area contributed by atoms with Crippen LogP contribution in [0.1, 0.15) is 42.1 Å². The van der Waals surface area contributed by atoms with Crippen molar-refractivity contribution in [1.82, 2.24) is 0 Å². The van der Waals surface area contributed by atoms with Gasteiger partial charge in [-0.1, -0.05) is 32.0 Å². The van der Waals surface area contributed by atoms with Gasteiger partial charge in [-0.2, -0.15) is 0 Å². The number of ether oxygens (including phenoxy) is 1. The van der Waals surface area contributed by atoms with E-state index in [-0.39, 0.29) is 12.1 Å². The first-order chi connectivity index (χ1) is 6.74. The van der Waals surface area contributed by atoms with Crippen LogP contribution in [0.4, 0.5) is 0 Å². The van der Waals surface area contributed by atoms with Gasteiger partial charge in [0.25, 0.3) is 0 Å². The maximum atomic E-state index is 11.6. The van der Waals surface area contributed by atoms with Gasteiger partial charge in [-0.05, 0) is 18.1 Å². The van der Waals surface area contributed by atoms with Crippen LogP contribution in [0.25, 0.3) is 0 Å². The fraction of sp³-hybridized carbons (Fsp3) is 0.417. The third kappa shape index (κ3) is 1.31. The molecule has 2 unspecified atom stereocenters. The molecule has 2 nitrogen and oxygen atoms in total. The summed E-state index contributed by atoms with van der Waals surface area (Å²) >= 11 is 0. The Hall–Kier alpha value is -1.31. The summed E-state index contributed by atoms with van der Waals surface area (Å²) in [5.74, 6) is 0.138. The van der Waals surface area contributed by atoms with Crippen molar-refractivity contribution in [2.75, 3.05) is 0 Å². The predicted octanol–water partition coefficient (Wildman–Crippen LogP) is 2.74. The minimum absolute atomic E-state index is 0.0393. The van der Waals surface area contributed by atoms with Gasteiger partial charge >= 0.3 is 5.97 Å². The van der Waals surface area contributed by atoms with Crippen LogP contribution >= 0.6 is 0 Å². The number of cyclic esters (lactones) is 1. The molecule has 1 aliphatic heterocycles. The van der Waals surface area contributed by atoms with Crippen LogP contribution < -0.4 is 0 Å². The highest BCUT2D eigenvalue weighted by Gasteiger charge is 2.30. The first kappa shape index (κ1) is 9.25. The van der Waals surface area contributed by atoms with Gasteiger partial charge in [0.1, 0.15) is 6.10 Å². The van der Waals surface area contributed by atoms with E-state index in [0.717, 1.165) is 17.5 Å². The van der Waals surface area contributed by atoms with Gasteiger partial charge in [0.05, 0.1) is 5.56 Å². The lowest BCUT2D eigenvalue weighted by Gasteiger charge is -2.29. The lowest BCUT2D eigenvalue weighted by molar-refractivity contribution is 0.0181. The number of carbonyl (C=O) groups is 1. The van der Waals surface area contributed by atoms with E-state index in [1.54, 1.807) is 0 Å². The number of benzene rings is 1. The highest BCUT2D eigenvalue weighted by molar-refractivity contribution is 5.92. The first-order valence-corrected chi connectivity index (χ1v) is 5.04. The van der Waals surface area contributed by atoms with Crippen LogP contribution in [0, 0.1) is 0 Å². The zero-order valence-electron chi connectivity index (χ0n) is 8.49. The molecule has 0 saturated heterocycles. The number of esters is 1. The molecule has 74 valence electrons. The SMILES string of the molecule is CCC1OC(=O)c2ccccc2C1C. The standard InChI is InChI=1S/C12H14O2/c1-3-11-8(2)9-6-4-5-7-10(9)12(13)14-11/h4-8,11H,3H2,1-2H3. The fourth-order valence-corrected chi connectivity index (χ4v) is 2.02. The van der Waals surface area contributed by atoms with Crippen LogP contribution in [0.5, 0.6) is 0 Å². The molecule has 1 heterocycles. The van der Waals surface area contributed by atoms with Crippen LogP contribution in [-0.2, 0) is 4.74 Å². The smallest absolute Gasteiger partial charge is 0.338 e. The number of rotatable bonds is 1. The Bertz CT molecular complexity index is 357. The third-order valence-corrected chi connectivity index (χ3v) is 2.89. The summed E-state index contributed by atoms with van der Waals surface area (Å²) in [5.41, 5.74) is 1.85. The summed E-state index contributed by atoms with van der Waals surface area (Å²) < 4.78 is 5.34. The lowest BCUT2D eigenvalue weighted by atomic mass is 9.88. The molecule has 14 heavy (non-hydrogen) atoms. The van der Waals surface area contributed by atoms with E-state index in [1.165, 1.54) is 0 Å². The molecular formula is C12H14O2. The summed E-state index contributed by atoms with van der Waals surface area (Å²) in [6.45, 7) is 4.15. The van der Waals surface area contributed by atoms with Gasteiger partial charge in [-0.15, -0.1) is 0 Å². The molecule has 2 heteroatoms. The largest absolute Gasteiger partial charge is 0.458 e. The molecule has 2 rings (SSSR count). The molecule has 2 atom stereocenters. The first-order valence-electron chi connectivity index (χ1n) is 5.04. The second-order valence-electron chi connectivity index (χ2n) is 3.73. The summed E-state index contributed by atoms with van der Waals surface area (Å²) in [6, 6.07) is 7.70. The highest BCUT2D eigenvalue weighted by Crippen LogP contribution is 2.32. The monoisotopic (exact) mass is 190 g/mol. The third-order valence-electron chi connectivity index (χ3n) is 2.89. The molecule has 0 N–H and O–H groups in total. The van der Waals surface area contributed by atoms with Gasteiger partial charge in [-0.3, -0.25) is 0 Å². The zero-order valence-corrected chi connectivity index (χ0v) is 8.49. The van der Waals surface area contributed by atoms with E-state index < -0.39 is 0 Å². The van der Waals surface area contributed by atoms with Crippen molar-refractivity contribution in [3.8, 4) is 0 Å². The minimum atomic E-state index is -0.175. The second kappa shape index (κ2) is 3.45. The van der Waals surface area contributed by atoms with Crippen LogP contribution in [-0.4, -0.2) is 12.1 Å². The topological polar surface area (TPSA) is 26.3 Å². The maximum absolute atomic E-state index is 11.6. The molecule has 0 spiro atoms. The minimum Gasteiger partial charge on any atom is -0.458 e. The Kier molecular flexibility index (Phi) is 2.28. The van der Waals surface area contributed by atoms with Crippen molar-refractivity contribution in [3.05, 3.63) is 35.4 Å². The van der Waals surface area contributed by atoms with Crippen molar-refractivity contribution >= 4 is 5.97 Å². The fourth-order valence-electron chi connectivity index (χ4n) is 2.02. The molecule has 1 aromatic carbocycles. The quantitative estimate of drug-likeness (QED) is 0.636. The molecule has 0 aromatic heterocycles. The lowest BCUT2D eigenvalue weighted by Crippen LogP contribution is -2.30. The predicted molar refractivity (Wildman–Crippen MR) is 54.4 cm³/mol. The number of carbonyl (C=O) groups excluding carboxylic acids is 1. The van der Waals surface area contributed by atoms with Crippen LogP contribution in [0.2, 0.25) is 0 Å². The Morgan fingerprint density at radius 1 is 1.36 bits per heavy atom. The zero-order chi connectivity index (χ0) is 10.1. The van der Waals surface area contributed by atoms with Crippen LogP contribution in [0.15, 0.2) is 24.3 Å². The van der Waals surface area contributed by atoms with Gasteiger partial charge in [0.2, 0.25) is 0 Å². The van der Waals surface area contributed by atoms with E-state index in [9.17, 15) is 4.79 Å². The van der Waals surface area contributed by atoms with Gasteiger partial charge in [-0.25, -0.2) is 4.79 Å². The van der Waals surface area contributed by atoms with Crippen molar-refractivity contribution in [2.24, 2.45) is 0 Å². The highest BCUT2D eigenvalue weighted by atomic mass is 16.5. The van der Waals surface area contributed by atoms with Crippen molar-refractivity contribution in [3.63, 3.8) is 0 Å². The molecule has 0 bridgehead atoms. The second-order valence-corrected chi connectivity index (χ2v) is 3.73. The van der Waals surface area contributed by atoms with Crippen molar-refractivity contribution in [2.45, 2.75) is 32.3 Å². The summed E-state index contributed by atoms with van der Waals surface area (Å²) in [5, 5.41) is 0. The normalized spacial score (nSPS) is 25.4. The molecule has 0 radical (unpaired) electrons. The maximum Gasteiger partial charge on any atom is 0.338 e. The number of fused-ring (bicyclic) bond motifs is 1.